The highest BCUT2D eigenvalue weighted by Crippen LogP contribution is 2.26. The summed E-state index contributed by atoms with van der Waals surface area (Å²) in [5, 5.41) is 0.489. The standard InChI is InChI=1S/C17H16BrClN2O2/c18-13-4-1-3-12(9-13)17(22)21-8-2-5-14(11-21)23-16-6-7-20-10-15(16)19/h1,3-4,6-7,9-10,14H,2,5,8,11H2/t14-/m1/s1. The van der Waals surface area contributed by atoms with Crippen LogP contribution >= 0.6 is 27.5 Å². The number of likely N-dealkylation sites (tertiary alicyclic amines) is 1. The van der Waals surface area contributed by atoms with E-state index in [9.17, 15) is 4.79 Å². The van der Waals surface area contributed by atoms with E-state index in [0.717, 1.165) is 23.9 Å². The predicted octanol–water partition coefficient (Wildman–Crippen LogP) is 4.18. The first kappa shape index (κ1) is 16.3. The van der Waals surface area contributed by atoms with Crippen LogP contribution in [0.2, 0.25) is 5.02 Å². The molecular weight excluding hydrogens is 380 g/mol. The largest absolute Gasteiger partial charge is 0.487 e. The number of carbonyl (C=O) groups excluding carboxylic acids is 1. The molecule has 0 unspecified atom stereocenters. The second-order valence-electron chi connectivity index (χ2n) is 5.45. The first-order valence-electron chi connectivity index (χ1n) is 7.44. The molecule has 1 fully saturated rings. The molecule has 120 valence electrons. The third-order valence-corrected chi connectivity index (χ3v) is 4.54. The van der Waals surface area contributed by atoms with Crippen LogP contribution in [-0.2, 0) is 0 Å². The van der Waals surface area contributed by atoms with Gasteiger partial charge in [-0.15, -0.1) is 0 Å². The first-order chi connectivity index (χ1) is 11.1. The lowest BCUT2D eigenvalue weighted by Crippen LogP contribution is -2.44. The van der Waals surface area contributed by atoms with Crippen LogP contribution < -0.4 is 4.74 Å². The van der Waals surface area contributed by atoms with E-state index in [1.165, 1.54) is 0 Å². The maximum atomic E-state index is 12.6. The molecule has 1 amide bonds. The molecule has 1 aromatic heterocycles. The van der Waals surface area contributed by atoms with Gasteiger partial charge in [-0.05, 0) is 31.0 Å². The molecule has 4 nitrogen and oxygen atoms in total. The van der Waals surface area contributed by atoms with Crippen molar-refractivity contribution in [1.82, 2.24) is 9.88 Å². The van der Waals surface area contributed by atoms with Gasteiger partial charge in [0.2, 0.25) is 0 Å². The summed E-state index contributed by atoms with van der Waals surface area (Å²) in [4.78, 5) is 18.4. The van der Waals surface area contributed by atoms with E-state index < -0.39 is 0 Å². The highest BCUT2D eigenvalue weighted by Gasteiger charge is 2.26. The van der Waals surface area contributed by atoms with E-state index in [2.05, 4.69) is 20.9 Å². The fraction of sp³-hybridized carbons (Fsp3) is 0.294. The van der Waals surface area contributed by atoms with Gasteiger partial charge in [-0.3, -0.25) is 9.78 Å². The minimum absolute atomic E-state index is 0.0282. The van der Waals surface area contributed by atoms with Crippen molar-refractivity contribution in [3.63, 3.8) is 0 Å². The number of aromatic nitrogens is 1. The molecular formula is C17H16BrClN2O2. The van der Waals surface area contributed by atoms with E-state index in [-0.39, 0.29) is 12.0 Å². The van der Waals surface area contributed by atoms with Gasteiger partial charge in [0.15, 0.2) is 0 Å². The summed E-state index contributed by atoms with van der Waals surface area (Å²) in [6.07, 6.45) is 4.96. The summed E-state index contributed by atoms with van der Waals surface area (Å²) in [7, 11) is 0. The zero-order chi connectivity index (χ0) is 16.2. The molecule has 1 aliphatic rings. The van der Waals surface area contributed by atoms with E-state index in [1.807, 2.05) is 29.2 Å². The molecule has 0 aliphatic carbocycles. The Morgan fingerprint density at radius 2 is 2.26 bits per heavy atom. The van der Waals surface area contributed by atoms with Crippen LogP contribution in [0.15, 0.2) is 47.2 Å². The number of hydrogen-bond acceptors (Lipinski definition) is 3. The number of rotatable bonds is 3. The molecule has 1 aromatic carbocycles. The van der Waals surface area contributed by atoms with Crippen LogP contribution in [0.5, 0.6) is 5.75 Å². The van der Waals surface area contributed by atoms with Crippen LogP contribution in [0.1, 0.15) is 23.2 Å². The van der Waals surface area contributed by atoms with Gasteiger partial charge in [0, 0.05) is 35.0 Å². The van der Waals surface area contributed by atoms with Crippen molar-refractivity contribution >= 4 is 33.4 Å². The van der Waals surface area contributed by atoms with Gasteiger partial charge < -0.3 is 9.64 Å². The number of benzene rings is 1. The van der Waals surface area contributed by atoms with Gasteiger partial charge in [-0.2, -0.15) is 0 Å². The minimum Gasteiger partial charge on any atom is -0.487 e. The topological polar surface area (TPSA) is 42.4 Å². The lowest BCUT2D eigenvalue weighted by molar-refractivity contribution is 0.0538. The third-order valence-electron chi connectivity index (χ3n) is 3.77. The van der Waals surface area contributed by atoms with Gasteiger partial charge in [0.05, 0.1) is 6.54 Å². The van der Waals surface area contributed by atoms with Crippen LogP contribution in [-0.4, -0.2) is 35.0 Å². The van der Waals surface area contributed by atoms with Crippen LogP contribution in [0.4, 0.5) is 0 Å². The minimum atomic E-state index is -0.0558. The van der Waals surface area contributed by atoms with Crippen molar-refractivity contribution in [2.24, 2.45) is 0 Å². The Bertz CT molecular complexity index is 710. The molecule has 1 atom stereocenters. The Labute approximate surface area is 148 Å². The number of nitrogens with zero attached hydrogens (tertiary/aromatic N) is 2. The summed E-state index contributed by atoms with van der Waals surface area (Å²) in [5.74, 6) is 0.642. The lowest BCUT2D eigenvalue weighted by atomic mass is 10.1. The normalized spacial score (nSPS) is 17.8. The average molecular weight is 396 g/mol. The van der Waals surface area contributed by atoms with Gasteiger partial charge in [-0.1, -0.05) is 33.6 Å². The number of carbonyl (C=O) groups is 1. The molecule has 0 spiro atoms. The summed E-state index contributed by atoms with van der Waals surface area (Å²) < 4.78 is 6.85. The van der Waals surface area contributed by atoms with Crippen molar-refractivity contribution in [2.45, 2.75) is 18.9 Å². The van der Waals surface area contributed by atoms with E-state index >= 15 is 0 Å². The van der Waals surface area contributed by atoms with Crippen molar-refractivity contribution in [3.8, 4) is 5.75 Å². The summed E-state index contributed by atoms with van der Waals surface area (Å²) in [6, 6.07) is 9.19. The molecule has 0 bridgehead atoms. The highest BCUT2D eigenvalue weighted by molar-refractivity contribution is 9.10. The molecule has 0 saturated carbocycles. The predicted molar refractivity (Wildman–Crippen MR) is 92.9 cm³/mol. The number of pyridine rings is 1. The maximum Gasteiger partial charge on any atom is 0.254 e. The van der Waals surface area contributed by atoms with E-state index in [4.69, 9.17) is 16.3 Å². The zero-order valence-corrected chi connectivity index (χ0v) is 14.8. The van der Waals surface area contributed by atoms with E-state index in [1.54, 1.807) is 18.5 Å². The fourth-order valence-corrected chi connectivity index (χ4v) is 3.22. The SMILES string of the molecule is O=C(c1cccc(Br)c1)N1CCC[C@@H](Oc2ccncc2Cl)C1. The van der Waals surface area contributed by atoms with Gasteiger partial charge >= 0.3 is 0 Å². The molecule has 6 heteroatoms. The Kier molecular flexibility index (Phi) is 5.18. The molecule has 2 aromatic rings. The molecule has 1 aliphatic heterocycles. The Morgan fingerprint density at radius 3 is 3.04 bits per heavy atom. The average Bonchev–Trinajstić information content (AvgIpc) is 2.56. The quantitative estimate of drug-likeness (QED) is 0.783. The Balaban J connectivity index is 1.68. The number of hydrogen-bond donors (Lipinski definition) is 0. The van der Waals surface area contributed by atoms with Crippen LogP contribution in [0, 0.1) is 0 Å². The maximum absolute atomic E-state index is 12.6. The van der Waals surface area contributed by atoms with Crippen molar-refractivity contribution in [2.75, 3.05) is 13.1 Å². The molecule has 23 heavy (non-hydrogen) atoms. The van der Waals surface area contributed by atoms with Crippen molar-refractivity contribution < 1.29 is 9.53 Å². The van der Waals surface area contributed by atoms with Crippen LogP contribution in [0.25, 0.3) is 0 Å². The number of halogens is 2. The molecule has 3 rings (SSSR count). The molecule has 2 heterocycles. The number of ether oxygens (including phenoxy) is 1. The summed E-state index contributed by atoms with van der Waals surface area (Å²) >= 11 is 9.48. The van der Waals surface area contributed by atoms with Gasteiger partial charge in [0.25, 0.3) is 5.91 Å². The van der Waals surface area contributed by atoms with Gasteiger partial charge in [-0.25, -0.2) is 0 Å². The van der Waals surface area contributed by atoms with Crippen molar-refractivity contribution in [3.05, 3.63) is 57.8 Å². The third kappa shape index (κ3) is 4.03. The number of piperidine rings is 1. The second-order valence-corrected chi connectivity index (χ2v) is 6.77. The summed E-state index contributed by atoms with van der Waals surface area (Å²) in [5.41, 5.74) is 0.682. The Morgan fingerprint density at radius 1 is 1.39 bits per heavy atom. The Hall–Kier alpha value is -1.59. The molecule has 1 saturated heterocycles. The highest BCUT2D eigenvalue weighted by atomic mass is 79.9. The number of amides is 1. The van der Waals surface area contributed by atoms with Crippen LogP contribution in [0.3, 0.4) is 0 Å². The molecule has 0 N–H and O–H groups in total. The van der Waals surface area contributed by atoms with Crippen molar-refractivity contribution in [1.29, 1.82) is 0 Å². The zero-order valence-electron chi connectivity index (χ0n) is 12.4. The van der Waals surface area contributed by atoms with E-state index in [0.29, 0.717) is 22.9 Å². The second kappa shape index (κ2) is 7.32. The monoisotopic (exact) mass is 394 g/mol. The fourth-order valence-electron chi connectivity index (χ4n) is 2.66. The lowest BCUT2D eigenvalue weighted by Gasteiger charge is -2.33. The first-order valence-corrected chi connectivity index (χ1v) is 8.61. The summed E-state index contributed by atoms with van der Waals surface area (Å²) in [6.45, 7) is 1.30. The molecule has 0 radical (unpaired) electrons. The van der Waals surface area contributed by atoms with Gasteiger partial charge in [0.1, 0.15) is 16.9 Å². The smallest absolute Gasteiger partial charge is 0.254 e.